The summed E-state index contributed by atoms with van der Waals surface area (Å²) in [6.45, 7) is 7.88. The molecular weight excluding hydrogens is 228 g/mol. The summed E-state index contributed by atoms with van der Waals surface area (Å²) in [6, 6.07) is 1.25. The summed E-state index contributed by atoms with van der Waals surface area (Å²) in [7, 11) is 0. The molecule has 104 valence electrons. The molecule has 0 saturated heterocycles. The van der Waals surface area contributed by atoms with E-state index in [2.05, 4.69) is 17.6 Å². The molecule has 2 saturated carbocycles. The predicted octanol–water partition coefficient (Wildman–Crippen LogP) is 2.43. The Morgan fingerprint density at radius 3 is 2.56 bits per heavy atom. The number of carbonyl (C=O) groups is 1. The van der Waals surface area contributed by atoms with Gasteiger partial charge in [0, 0.05) is 18.1 Å². The van der Waals surface area contributed by atoms with E-state index in [-0.39, 0.29) is 12.1 Å². The Hall–Kier alpha value is -0.770. The van der Waals surface area contributed by atoms with E-state index in [1.807, 2.05) is 20.8 Å². The lowest BCUT2D eigenvalue weighted by atomic mass is 10.1. The van der Waals surface area contributed by atoms with Crippen LogP contribution in [0.1, 0.15) is 53.4 Å². The first-order valence-electron chi connectivity index (χ1n) is 7.09. The standard InChI is InChI=1S/C14H26N2O2/c1-9(7-10-5-6-10)15-11-8-12(11)16-13(17)18-14(2,3)4/h9-12,15H,5-8H2,1-4H3,(H,16,17). The number of amides is 1. The fraction of sp³-hybridized carbons (Fsp3) is 0.929. The number of carbonyl (C=O) groups excluding carboxylic acids is 1. The summed E-state index contributed by atoms with van der Waals surface area (Å²) in [5, 5.41) is 6.48. The molecule has 2 aliphatic rings. The molecule has 0 aliphatic heterocycles. The maximum absolute atomic E-state index is 11.6. The van der Waals surface area contributed by atoms with Crippen molar-refractivity contribution in [3.8, 4) is 0 Å². The molecule has 2 aliphatic carbocycles. The van der Waals surface area contributed by atoms with Crippen molar-refractivity contribution in [2.75, 3.05) is 0 Å². The number of ether oxygens (including phenoxy) is 1. The third-order valence-corrected chi connectivity index (χ3v) is 3.37. The lowest BCUT2D eigenvalue weighted by Gasteiger charge is -2.20. The van der Waals surface area contributed by atoms with Crippen molar-refractivity contribution in [2.24, 2.45) is 5.92 Å². The van der Waals surface area contributed by atoms with Crippen LogP contribution in [0.15, 0.2) is 0 Å². The molecule has 4 heteroatoms. The van der Waals surface area contributed by atoms with Gasteiger partial charge in [0.25, 0.3) is 0 Å². The maximum atomic E-state index is 11.6. The molecule has 3 atom stereocenters. The average molecular weight is 254 g/mol. The quantitative estimate of drug-likeness (QED) is 0.792. The van der Waals surface area contributed by atoms with E-state index in [1.165, 1.54) is 19.3 Å². The van der Waals surface area contributed by atoms with Gasteiger partial charge in [-0.1, -0.05) is 12.8 Å². The minimum atomic E-state index is -0.416. The number of alkyl carbamates (subject to hydrolysis) is 1. The predicted molar refractivity (Wildman–Crippen MR) is 71.5 cm³/mol. The van der Waals surface area contributed by atoms with Gasteiger partial charge in [0.1, 0.15) is 5.60 Å². The molecule has 18 heavy (non-hydrogen) atoms. The van der Waals surface area contributed by atoms with Gasteiger partial charge in [-0.3, -0.25) is 0 Å². The molecule has 2 rings (SSSR count). The molecule has 2 N–H and O–H groups in total. The second-order valence-corrected chi connectivity index (χ2v) is 6.84. The molecule has 2 fully saturated rings. The van der Waals surface area contributed by atoms with Crippen molar-refractivity contribution in [2.45, 2.75) is 77.1 Å². The molecule has 3 unspecified atom stereocenters. The number of nitrogens with one attached hydrogen (secondary N) is 2. The van der Waals surface area contributed by atoms with Gasteiger partial charge < -0.3 is 15.4 Å². The van der Waals surface area contributed by atoms with Crippen molar-refractivity contribution in [3.05, 3.63) is 0 Å². The lowest BCUT2D eigenvalue weighted by molar-refractivity contribution is 0.0522. The van der Waals surface area contributed by atoms with Crippen LogP contribution < -0.4 is 10.6 Å². The van der Waals surface area contributed by atoms with Gasteiger partial charge in [-0.25, -0.2) is 4.79 Å². The smallest absolute Gasteiger partial charge is 0.407 e. The Kier molecular flexibility index (Phi) is 3.85. The van der Waals surface area contributed by atoms with Gasteiger partial charge in [0.05, 0.1) is 0 Å². The van der Waals surface area contributed by atoms with Crippen LogP contribution in [0.4, 0.5) is 4.79 Å². The lowest BCUT2D eigenvalue weighted by Crippen LogP contribution is -2.38. The second kappa shape index (κ2) is 5.08. The second-order valence-electron chi connectivity index (χ2n) is 6.84. The van der Waals surface area contributed by atoms with E-state index < -0.39 is 5.60 Å². The molecular formula is C14H26N2O2. The van der Waals surface area contributed by atoms with E-state index >= 15 is 0 Å². The van der Waals surface area contributed by atoms with Crippen molar-refractivity contribution in [3.63, 3.8) is 0 Å². The van der Waals surface area contributed by atoms with Crippen LogP contribution in [0.25, 0.3) is 0 Å². The highest BCUT2D eigenvalue weighted by Gasteiger charge is 2.40. The summed E-state index contributed by atoms with van der Waals surface area (Å²) in [5.74, 6) is 0.948. The van der Waals surface area contributed by atoms with E-state index in [0.29, 0.717) is 12.1 Å². The third-order valence-electron chi connectivity index (χ3n) is 3.37. The largest absolute Gasteiger partial charge is 0.444 e. The zero-order valence-electron chi connectivity index (χ0n) is 12.0. The van der Waals surface area contributed by atoms with Crippen LogP contribution in [-0.4, -0.2) is 29.8 Å². The SMILES string of the molecule is CC(CC1CC1)NC1CC1NC(=O)OC(C)(C)C. The van der Waals surface area contributed by atoms with Crippen molar-refractivity contribution in [1.29, 1.82) is 0 Å². The summed E-state index contributed by atoms with van der Waals surface area (Å²) in [5.41, 5.74) is -0.416. The molecule has 0 radical (unpaired) electrons. The Bertz CT molecular complexity index is 307. The topological polar surface area (TPSA) is 50.4 Å². The van der Waals surface area contributed by atoms with E-state index in [4.69, 9.17) is 4.74 Å². The van der Waals surface area contributed by atoms with Crippen LogP contribution in [0.2, 0.25) is 0 Å². The van der Waals surface area contributed by atoms with Crippen LogP contribution >= 0.6 is 0 Å². The van der Waals surface area contributed by atoms with E-state index in [0.717, 1.165) is 12.3 Å². The maximum Gasteiger partial charge on any atom is 0.407 e. The van der Waals surface area contributed by atoms with Gasteiger partial charge in [0.15, 0.2) is 0 Å². The fourth-order valence-electron chi connectivity index (χ4n) is 2.28. The molecule has 4 nitrogen and oxygen atoms in total. The molecule has 0 aromatic carbocycles. The average Bonchev–Trinajstić information content (AvgIpc) is 3.03. The van der Waals surface area contributed by atoms with Gasteiger partial charge in [-0.2, -0.15) is 0 Å². The number of rotatable bonds is 5. The molecule has 0 bridgehead atoms. The van der Waals surface area contributed by atoms with E-state index in [1.54, 1.807) is 0 Å². The first-order chi connectivity index (χ1) is 8.33. The molecule has 0 aromatic rings. The summed E-state index contributed by atoms with van der Waals surface area (Å²) >= 11 is 0. The first-order valence-corrected chi connectivity index (χ1v) is 7.09. The van der Waals surface area contributed by atoms with Crippen molar-refractivity contribution < 1.29 is 9.53 Å². The molecule has 0 aromatic heterocycles. The summed E-state index contributed by atoms with van der Waals surface area (Å²) in [6.07, 6.45) is 4.79. The normalized spacial score (nSPS) is 28.7. The van der Waals surface area contributed by atoms with Crippen molar-refractivity contribution >= 4 is 6.09 Å². The fourth-order valence-corrected chi connectivity index (χ4v) is 2.28. The summed E-state index contributed by atoms with van der Waals surface area (Å²) < 4.78 is 5.24. The minimum Gasteiger partial charge on any atom is -0.444 e. The van der Waals surface area contributed by atoms with Gasteiger partial charge in [0.2, 0.25) is 0 Å². The van der Waals surface area contributed by atoms with Crippen LogP contribution in [-0.2, 0) is 4.74 Å². The third kappa shape index (κ3) is 4.84. The van der Waals surface area contributed by atoms with Crippen LogP contribution in [0.5, 0.6) is 0 Å². The number of hydrogen-bond acceptors (Lipinski definition) is 3. The molecule has 1 amide bonds. The highest BCUT2D eigenvalue weighted by Crippen LogP contribution is 2.34. The highest BCUT2D eigenvalue weighted by molar-refractivity contribution is 5.68. The Morgan fingerprint density at radius 2 is 2.00 bits per heavy atom. The van der Waals surface area contributed by atoms with Crippen LogP contribution in [0, 0.1) is 5.92 Å². The Labute approximate surface area is 110 Å². The molecule has 0 heterocycles. The van der Waals surface area contributed by atoms with Crippen molar-refractivity contribution in [1.82, 2.24) is 10.6 Å². The first kappa shape index (κ1) is 13.7. The Balaban J connectivity index is 1.60. The zero-order valence-corrected chi connectivity index (χ0v) is 12.0. The Morgan fingerprint density at radius 1 is 1.33 bits per heavy atom. The van der Waals surface area contributed by atoms with Gasteiger partial charge in [-0.15, -0.1) is 0 Å². The van der Waals surface area contributed by atoms with Gasteiger partial charge in [-0.05, 0) is 46.5 Å². The highest BCUT2D eigenvalue weighted by atomic mass is 16.6. The van der Waals surface area contributed by atoms with Crippen LogP contribution in [0.3, 0.4) is 0 Å². The molecule has 0 spiro atoms. The zero-order chi connectivity index (χ0) is 13.3. The monoisotopic (exact) mass is 254 g/mol. The van der Waals surface area contributed by atoms with E-state index in [9.17, 15) is 4.79 Å². The number of hydrogen-bond donors (Lipinski definition) is 2. The summed E-state index contributed by atoms with van der Waals surface area (Å²) in [4.78, 5) is 11.6. The minimum absolute atomic E-state index is 0.251. The van der Waals surface area contributed by atoms with Gasteiger partial charge >= 0.3 is 6.09 Å².